The zero-order valence-corrected chi connectivity index (χ0v) is 36.7. The van der Waals surface area contributed by atoms with Crippen LogP contribution in [0.3, 0.4) is 0 Å². The van der Waals surface area contributed by atoms with Gasteiger partial charge in [0.25, 0.3) is 11.7 Å². The zero-order valence-electron chi connectivity index (χ0n) is 36.7. The quantitative estimate of drug-likeness (QED) is 0.0845. The molecule has 0 aromatic carbocycles. The van der Waals surface area contributed by atoms with Gasteiger partial charge in [-0.05, 0) is 89.0 Å². The van der Waals surface area contributed by atoms with Gasteiger partial charge in [0.1, 0.15) is 24.0 Å². The summed E-state index contributed by atoms with van der Waals surface area (Å²) >= 11 is 0. The molecule has 13 heteroatoms. The van der Waals surface area contributed by atoms with Crippen LogP contribution in [0.2, 0.25) is 0 Å². The van der Waals surface area contributed by atoms with E-state index in [1.54, 1.807) is 46.3 Å². The summed E-state index contributed by atoms with van der Waals surface area (Å²) in [4.78, 5) is 57.2. The van der Waals surface area contributed by atoms with E-state index in [0.29, 0.717) is 37.7 Å². The minimum absolute atomic E-state index is 0.0395. The van der Waals surface area contributed by atoms with Crippen molar-refractivity contribution in [2.75, 3.05) is 35.0 Å². The van der Waals surface area contributed by atoms with E-state index in [9.17, 15) is 29.4 Å². The third-order valence-electron chi connectivity index (χ3n) is 12.5. The Balaban J connectivity index is 1.93. The monoisotopic (exact) mass is 820 g/mol. The third kappa shape index (κ3) is 12.4. The largest absolute Gasteiger partial charge is 0.456 e. The second kappa shape index (κ2) is 23.3. The fourth-order valence-corrected chi connectivity index (χ4v) is 8.96. The van der Waals surface area contributed by atoms with Gasteiger partial charge in [0, 0.05) is 59.2 Å². The number of rotatable bonds is 21. The summed E-state index contributed by atoms with van der Waals surface area (Å²) in [6.45, 7) is 14.9. The van der Waals surface area contributed by atoms with Crippen molar-refractivity contribution in [3.8, 4) is 0 Å². The van der Waals surface area contributed by atoms with Crippen molar-refractivity contribution in [2.45, 2.75) is 160 Å². The molecule has 0 spiro atoms. The first-order valence-electron chi connectivity index (χ1n) is 21.2. The molecule has 0 unspecified atom stereocenters. The molecule has 13 atom stereocenters. The van der Waals surface area contributed by atoms with Crippen molar-refractivity contribution < 1.29 is 57.8 Å². The van der Waals surface area contributed by atoms with Gasteiger partial charge in [-0.1, -0.05) is 52.0 Å². The molecule has 2 saturated heterocycles. The summed E-state index contributed by atoms with van der Waals surface area (Å²) in [7, 11) is 6.39. The molecular formula is C45H73NO12. The summed E-state index contributed by atoms with van der Waals surface area (Å²) < 4.78 is 35.3. The molecule has 0 radical (unpaired) electrons. The zero-order chi connectivity index (χ0) is 43.3. The SMILES string of the molecule is C=CC[C@@H](/C=C\C)C(=O)C[C@H](O)[C@@H](C)[C@H](OC(=O)[C@@H]1CCCCN1C(=O)C(=O)[C@]1(O)O[C@H]([C@@H](CC(C)C)OC)[C@@H](OC)C[C@H]1C)/C(C)=C/[C@@H]1CC[C@@H](OC)[C@H](OC)C1. The van der Waals surface area contributed by atoms with Crippen LogP contribution in [0.25, 0.3) is 0 Å². The van der Waals surface area contributed by atoms with Crippen LogP contribution in [0.1, 0.15) is 106 Å². The molecule has 13 nitrogen and oxygen atoms in total. The fraction of sp³-hybridized carbons (Fsp3) is 0.778. The first-order valence-corrected chi connectivity index (χ1v) is 21.2. The molecule has 2 N–H and O–H groups in total. The van der Waals surface area contributed by atoms with Gasteiger partial charge in [0.15, 0.2) is 0 Å². The predicted molar refractivity (Wildman–Crippen MR) is 219 cm³/mol. The van der Waals surface area contributed by atoms with Gasteiger partial charge < -0.3 is 43.5 Å². The van der Waals surface area contributed by atoms with E-state index in [1.165, 1.54) is 19.1 Å². The van der Waals surface area contributed by atoms with E-state index in [1.807, 2.05) is 33.8 Å². The van der Waals surface area contributed by atoms with E-state index in [0.717, 1.165) is 12.8 Å². The highest BCUT2D eigenvalue weighted by Gasteiger charge is 2.56. The van der Waals surface area contributed by atoms with Crippen LogP contribution < -0.4 is 0 Å². The van der Waals surface area contributed by atoms with Gasteiger partial charge >= 0.3 is 5.97 Å². The molecule has 3 rings (SSSR count). The van der Waals surface area contributed by atoms with Crippen LogP contribution in [0.15, 0.2) is 36.5 Å². The summed E-state index contributed by atoms with van der Waals surface area (Å²) in [5.74, 6) is -7.28. The number of allylic oxidation sites excluding steroid dienone is 4. The number of ketones is 2. The number of nitrogens with zero attached hydrogens (tertiary/aromatic N) is 1. The first-order chi connectivity index (χ1) is 27.5. The van der Waals surface area contributed by atoms with Crippen molar-refractivity contribution in [3.63, 3.8) is 0 Å². The maximum Gasteiger partial charge on any atom is 0.329 e. The fourth-order valence-electron chi connectivity index (χ4n) is 8.96. The van der Waals surface area contributed by atoms with Crippen LogP contribution in [0, 0.1) is 29.6 Å². The number of hydrogen-bond donors (Lipinski definition) is 2. The molecule has 2 aliphatic heterocycles. The van der Waals surface area contributed by atoms with Gasteiger partial charge in [-0.15, -0.1) is 6.58 Å². The Bertz CT molecular complexity index is 1430. The highest BCUT2D eigenvalue weighted by molar-refractivity contribution is 6.39. The number of likely N-dealkylation sites (tertiary alicyclic amines) is 1. The second-order valence-corrected chi connectivity index (χ2v) is 17.1. The minimum Gasteiger partial charge on any atom is -0.456 e. The van der Waals surface area contributed by atoms with Crippen LogP contribution in [0.5, 0.6) is 0 Å². The topological polar surface area (TPSA) is 167 Å². The van der Waals surface area contributed by atoms with E-state index >= 15 is 0 Å². The molecule has 3 aliphatic rings. The normalized spacial score (nSPS) is 31.0. The molecule has 2 heterocycles. The Hall–Kier alpha value is -2.78. The summed E-state index contributed by atoms with van der Waals surface area (Å²) in [5.41, 5.74) is 0.690. The average Bonchev–Trinajstić information content (AvgIpc) is 3.21. The van der Waals surface area contributed by atoms with Gasteiger partial charge in [-0.3, -0.25) is 14.4 Å². The van der Waals surface area contributed by atoms with Gasteiger partial charge in [0.05, 0.1) is 30.5 Å². The third-order valence-corrected chi connectivity index (χ3v) is 12.5. The molecular weight excluding hydrogens is 746 g/mol. The lowest BCUT2D eigenvalue weighted by Crippen LogP contribution is -2.64. The lowest BCUT2D eigenvalue weighted by Gasteiger charge is -2.47. The predicted octanol–water partition coefficient (Wildman–Crippen LogP) is 5.54. The van der Waals surface area contributed by atoms with E-state index in [-0.39, 0.29) is 55.6 Å². The number of carbonyl (C=O) groups is 4. The number of ether oxygens (including phenoxy) is 6. The maximum absolute atomic E-state index is 14.3. The number of Topliss-reactive ketones (excluding diaryl/α,β-unsaturated/α-hetero) is 2. The average molecular weight is 820 g/mol. The first kappa shape index (κ1) is 49.6. The van der Waals surface area contributed by atoms with Crippen molar-refractivity contribution in [1.82, 2.24) is 4.90 Å². The number of methoxy groups -OCH3 is 4. The molecule has 0 aromatic heterocycles. The molecule has 330 valence electrons. The Morgan fingerprint density at radius 2 is 1.64 bits per heavy atom. The Morgan fingerprint density at radius 1 is 0.966 bits per heavy atom. The molecule has 1 saturated carbocycles. The van der Waals surface area contributed by atoms with Crippen LogP contribution >= 0.6 is 0 Å². The molecule has 0 aromatic rings. The molecule has 1 aliphatic carbocycles. The van der Waals surface area contributed by atoms with Crippen molar-refractivity contribution in [1.29, 1.82) is 0 Å². The highest BCUT2D eigenvalue weighted by Crippen LogP contribution is 2.39. The summed E-state index contributed by atoms with van der Waals surface area (Å²) in [6, 6.07) is -1.13. The van der Waals surface area contributed by atoms with Crippen molar-refractivity contribution in [3.05, 3.63) is 36.5 Å². The van der Waals surface area contributed by atoms with Crippen LogP contribution in [0.4, 0.5) is 0 Å². The smallest absolute Gasteiger partial charge is 0.329 e. The Labute approximate surface area is 346 Å². The number of aliphatic hydroxyl groups is 2. The van der Waals surface area contributed by atoms with Gasteiger partial charge in [-0.25, -0.2) is 4.79 Å². The number of aliphatic hydroxyl groups excluding tert-OH is 1. The van der Waals surface area contributed by atoms with Crippen LogP contribution in [-0.4, -0.2) is 128 Å². The number of esters is 1. The number of hydrogen-bond acceptors (Lipinski definition) is 12. The number of piperidine rings is 1. The number of amides is 1. The molecule has 0 bridgehead atoms. The Morgan fingerprint density at radius 3 is 2.22 bits per heavy atom. The van der Waals surface area contributed by atoms with Gasteiger partial charge in [-0.2, -0.15) is 0 Å². The second-order valence-electron chi connectivity index (χ2n) is 17.1. The lowest BCUT2D eigenvalue weighted by molar-refractivity contribution is -0.302. The molecule has 1 amide bonds. The summed E-state index contributed by atoms with van der Waals surface area (Å²) in [5, 5.41) is 23.5. The molecule has 3 fully saturated rings. The standard InChI is InChI=1S/C45H73NO12/c1-12-16-32(17-13-2)35(48)26-34(47)30(7)40(28(5)23-31-19-20-36(53-8)37(25-31)54-9)57-44(51)33-18-14-15-21-46(33)43(50)42(49)45(52)29(6)24-39(56-11)41(58-45)38(55-10)22-27(3)4/h12-13,17,23,27,29-34,36-41,47,52H,1,14-16,18-22,24-26H2,2-11H3/b17-13-,28-23+/t29-,30-,31+,32+,33+,34+,36-,37-,38-,39+,40-,41-,45-/m1/s1. The van der Waals surface area contributed by atoms with E-state index in [2.05, 4.69) is 6.58 Å². The lowest BCUT2D eigenvalue weighted by atomic mass is 9.81. The molecule has 58 heavy (non-hydrogen) atoms. The van der Waals surface area contributed by atoms with E-state index < -0.39 is 77.8 Å². The highest BCUT2D eigenvalue weighted by atomic mass is 16.7. The van der Waals surface area contributed by atoms with Crippen molar-refractivity contribution in [2.24, 2.45) is 29.6 Å². The summed E-state index contributed by atoms with van der Waals surface area (Å²) in [6.07, 6.45) is 7.85. The van der Waals surface area contributed by atoms with Crippen LogP contribution in [-0.2, 0) is 47.6 Å². The minimum atomic E-state index is -2.48. The van der Waals surface area contributed by atoms with E-state index in [4.69, 9.17) is 28.4 Å². The van der Waals surface area contributed by atoms with Crippen molar-refractivity contribution >= 4 is 23.4 Å². The Kier molecular flexibility index (Phi) is 19.9. The van der Waals surface area contributed by atoms with Gasteiger partial charge in [0.2, 0.25) is 5.79 Å². The number of carbonyl (C=O) groups excluding carboxylic acids is 4. The maximum atomic E-state index is 14.3.